The van der Waals surface area contributed by atoms with Gasteiger partial charge in [-0.05, 0) is 41.5 Å². The fraction of sp³-hybridized carbons (Fsp3) is 0.364. The normalized spacial score (nSPS) is 14.4. The summed E-state index contributed by atoms with van der Waals surface area (Å²) in [5, 5.41) is 7.85. The number of nitrogens with zero attached hydrogens (tertiary/aromatic N) is 2. The van der Waals surface area contributed by atoms with Crippen molar-refractivity contribution in [1.82, 2.24) is 15.6 Å². The summed E-state index contributed by atoms with van der Waals surface area (Å²) in [6.45, 7) is 5.70. The number of rotatable bonds is 9. The van der Waals surface area contributed by atoms with Crippen molar-refractivity contribution in [2.75, 3.05) is 46.5 Å². The molecule has 1 saturated heterocycles. The molecule has 0 atom stereocenters. The molecule has 0 saturated carbocycles. The average molecular weight is 429 g/mol. The molecule has 2 aromatic carbocycles. The van der Waals surface area contributed by atoms with Crippen molar-refractivity contribution in [2.45, 2.75) is 6.61 Å². The molecule has 0 spiro atoms. The molecule has 1 aliphatic heterocycles. The van der Waals surface area contributed by atoms with Gasteiger partial charge in [0.1, 0.15) is 6.61 Å². The van der Waals surface area contributed by atoms with Crippen molar-refractivity contribution in [3.05, 3.63) is 59.7 Å². The van der Waals surface area contributed by atoms with E-state index in [4.69, 9.17) is 26.4 Å². The maximum atomic E-state index is 5.88. The standard InChI is InChI=1S/C22H28N4O3S/c1-27-21-15-19(7-8-20(21)29-17-18-5-3-2-4-6-18)16-24-25-22(30)23-9-10-26-11-13-28-14-12-26/h2-8,15-16H,9-14,17H2,1H3,(H2,23,25,30)/b24-16+. The van der Waals surface area contributed by atoms with E-state index in [1.165, 1.54) is 0 Å². The molecule has 0 amide bonds. The molecule has 0 aliphatic carbocycles. The van der Waals surface area contributed by atoms with Gasteiger partial charge in [-0.3, -0.25) is 10.3 Å². The van der Waals surface area contributed by atoms with Crippen molar-refractivity contribution in [1.29, 1.82) is 0 Å². The van der Waals surface area contributed by atoms with Gasteiger partial charge in [0.15, 0.2) is 16.6 Å². The molecule has 0 unspecified atom stereocenters. The largest absolute Gasteiger partial charge is 0.493 e. The fourth-order valence-corrected chi connectivity index (χ4v) is 3.13. The Balaban J connectivity index is 1.43. The minimum atomic E-state index is 0.483. The van der Waals surface area contributed by atoms with Gasteiger partial charge in [0, 0.05) is 26.2 Å². The molecule has 30 heavy (non-hydrogen) atoms. The van der Waals surface area contributed by atoms with Gasteiger partial charge < -0.3 is 19.5 Å². The SMILES string of the molecule is COc1cc(/C=N/NC(=S)NCCN2CCOCC2)ccc1OCc1ccccc1. The number of hydrogen-bond acceptors (Lipinski definition) is 6. The Kier molecular flexibility index (Phi) is 8.89. The molecule has 0 bridgehead atoms. The summed E-state index contributed by atoms with van der Waals surface area (Å²) in [5.74, 6) is 1.34. The van der Waals surface area contributed by atoms with Crippen LogP contribution in [0.2, 0.25) is 0 Å². The van der Waals surface area contributed by atoms with E-state index in [1.807, 2.05) is 48.5 Å². The lowest BCUT2D eigenvalue weighted by Crippen LogP contribution is -2.42. The Morgan fingerprint density at radius 3 is 2.73 bits per heavy atom. The van der Waals surface area contributed by atoms with Gasteiger partial charge in [-0.15, -0.1) is 0 Å². The topological polar surface area (TPSA) is 67.4 Å². The Morgan fingerprint density at radius 2 is 1.97 bits per heavy atom. The van der Waals surface area contributed by atoms with Gasteiger partial charge in [0.2, 0.25) is 0 Å². The molecule has 0 aromatic heterocycles. The predicted octanol–water partition coefficient (Wildman–Crippen LogP) is 2.40. The molecule has 2 N–H and O–H groups in total. The first-order valence-electron chi connectivity index (χ1n) is 9.96. The van der Waals surface area contributed by atoms with Crippen LogP contribution < -0.4 is 20.2 Å². The van der Waals surface area contributed by atoms with E-state index in [0.717, 1.165) is 50.5 Å². The predicted molar refractivity (Wildman–Crippen MR) is 122 cm³/mol. The number of methoxy groups -OCH3 is 1. The Hall–Kier alpha value is -2.68. The average Bonchev–Trinajstić information content (AvgIpc) is 2.79. The summed E-state index contributed by atoms with van der Waals surface area (Å²) in [6.07, 6.45) is 1.69. The maximum Gasteiger partial charge on any atom is 0.187 e. The van der Waals surface area contributed by atoms with Crippen LogP contribution in [0, 0.1) is 0 Å². The quantitative estimate of drug-likeness (QED) is 0.361. The van der Waals surface area contributed by atoms with E-state index in [9.17, 15) is 0 Å². The minimum absolute atomic E-state index is 0.483. The lowest BCUT2D eigenvalue weighted by molar-refractivity contribution is 0.0389. The second-order valence-electron chi connectivity index (χ2n) is 6.76. The number of ether oxygens (including phenoxy) is 3. The van der Waals surface area contributed by atoms with E-state index < -0.39 is 0 Å². The second-order valence-corrected chi connectivity index (χ2v) is 7.17. The van der Waals surface area contributed by atoms with E-state index in [1.54, 1.807) is 13.3 Å². The van der Waals surface area contributed by atoms with Gasteiger partial charge in [0.25, 0.3) is 0 Å². The number of hydrogen-bond donors (Lipinski definition) is 2. The molecule has 0 radical (unpaired) electrons. The van der Waals surface area contributed by atoms with E-state index in [0.29, 0.717) is 23.2 Å². The highest BCUT2D eigenvalue weighted by atomic mass is 32.1. The minimum Gasteiger partial charge on any atom is -0.493 e. The molecule has 2 aromatic rings. The third-order valence-corrected chi connectivity index (χ3v) is 4.86. The number of morpholine rings is 1. The monoisotopic (exact) mass is 428 g/mol. The summed E-state index contributed by atoms with van der Waals surface area (Å²) in [5.41, 5.74) is 4.82. The number of hydrazone groups is 1. The zero-order chi connectivity index (χ0) is 21.0. The van der Waals surface area contributed by atoms with Gasteiger partial charge in [-0.25, -0.2) is 0 Å². The van der Waals surface area contributed by atoms with E-state index in [-0.39, 0.29) is 0 Å². The van der Waals surface area contributed by atoms with Crippen LogP contribution >= 0.6 is 12.2 Å². The maximum absolute atomic E-state index is 5.88. The van der Waals surface area contributed by atoms with Crippen LogP contribution in [-0.4, -0.2) is 62.7 Å². The zero-order valence-electron chi connectivity index (χ0n) is 17.2. The van der Waals surface area contributed by atoms with Crippen LogP contribution in [-0.2, 0) is 11.3 Å². The lowest BCUT2D eigenvalue weighted by Gasteiger charge is -2.26. The first kappa shape index (κ1) is 22.0. The van der Waals surface area contributed by atoms with Crippen molar-refractivity contribution in [2.24, 2.45) is 5.10 Å². The van der Waals surface area contributed by atoms with Crippen molar-refractivity contribution < 1.29 is 14.2 Å². The van der Waals surface area contributed by atoms with Crippen LogP contribution in [0.25, 0.3) is 0 Å². The molecule has 1 fully saturated rings. The van der Waals surface area contributed by atoms with Crippen LogP contribution in [0.4, 0.5) is 0 Å². The Bertz CT molecular complexity index is 826. The highest BCUT2D eigenvalue weighted by Crippen LogP contribution is 2.28. The number of thiocarbonyl (C=S) groups is 1. The number of nitrogens with one attached hydrogen (secondary N) is 2. The van der Waals surface area contributed by atoms with Crippen molar-refractivity contribution >= 4 is 23.5 Å². The summed E-state index contributed by atoms with van der Waals surface area (Å²) < 4.78 is 16.7. The summed E-state index contributed by atoms with van der Waals surface area (Å²) in [4.78, 5) is 2.34. The first-order chi connectivity index (χ1) is 14.7. The molecule has 1 aliphatic rings. The fourth-order valence-electron chi connectivity index (χ4n) is 2.98. The van der Waals surface area contributed by atoms with Gasteiger partial charge in [0.05, 0.1) is 26.5 Å². The molecule has 3 rings (SSSR count). The first-order valence-corrected chi connectivity index (χ1v) is 10.4. The van der Waals surface area contributed by atoms with Crippen LogP contribution in [0.3, 0.4) is 0 Å². The van der Waals surface area contributed by atoms with Gasteiger partial charge >= 0.3 is 0 Å². The Morgan fingerprint density at radius 1 is 1.17 bits per heavy atom. The van der Waals surface area contributed by atoms with E-state index >= 15 is 0 Å². The highest BCUT2D eigenvalue weighted by Gasteiger charge is 2.09. The molecular weight excluding hydrogens is 400 g/mol. The molecule has 1 heterocycles. The van der Waals surface area contributed by atoms with Gasteiger partial charge in [-0.1, -0.05) is 30.3 Å². The second kappa shape index (κ2) is 12.1. The zero-order valence-corrected chi connectivity index (χ0v) is 18.0. The van der Waals surface area contributed by atoms with Crippen molar-refractivity contribution in [3.8, 4) is 11.5 Å². The van der Waals surface area contributed by atoms with Crippen LogP contribution in [0.15, 0.2) is 53.6 Å². The molecule has 160 valence electrons. The number of benzene rings is 2. The third-order valence-electron chi connectivity index (χ3n) is 4.62. The van der Waals surface area contributed by atoms with Crippen LogP contribution in [0.5, 0.6) is 11.5 Å². The summed E-state index contributed by atoms with van der Waals surface area (Å²) >= 11 is 5.26. The molecule has 7 nitrogen and oxygen atoms in total. The third kappa shape index (κ3) is 7.29. The Labute approximate surface area is 183 Å². The molecule has 8 heteroatoms. The summed E-state index contributed by atoms with van der Waals surface area (Å²) in [6, 6.07) is 15.7. The smallest absolute Gasteiger partial charge is 0.187 e. The van der Waals surface area contributed by atoms with Gasteiger partial charge in [-0.2, -0.15) is 5.10 Å². The molecular formula is C22H28N4O3S. The van der Waals surface area contributed by atoms with Crippen LogP contribution in [0.1, 0.15) is 11.1 Å². The summed E-state index contributed by atoms with van der Waals surface area (Å²) in [7, 11) is 1.62. The highest BCUT2D eigenvalue weighted by molar-refractivity contribution is 7.80. The van der Waals surface area contributed by atoms with Crippen molar-refractivity contribution in [3.63, 3.8) is 0 Å². The lowest BCUT2D eigenvalue weighted by atomic mass is 10.2. The van der Waals surface area contributed by atoms with E-state index in [2.05, 4.69) is 20.7 Å².